The van der Waals surface area contributed by atoms with E-state index in [9.17, 15) is 4.39 Å². The summed E-state index contributed by atoms with van der Waals surface area (Å²) in [5.41, 5.74) is 2.49. The molecule has 4 aromatic rings. The zero-order valence-electron chi connectivity index (χ0n) is 19.1. The molecule has 0 radical (unpaired) electrons. The van der Waals surface area contributed by atoms with E-state index in [1.807, 2.05) is 64.7 Å². The molecule has 1 unspecified atom stereocenters. The monoisotopic (exact) mass is 475 g/mol. The van der Waals surface area contributed by atoms with E-state index in [1.54, 1.807) is 25.6 Å². The second-order valence-corrected chi connectivity index (χ2v) is 8.82. The van der Waals surface area contributed by atoms with Crippen LogP contribution < -0.4 is 4.74 Å². The topological polar surface area (TPSA) is 48.1 Å². The van der Waals surface area contributed by atoms with Gasteiger partial charge in [-0.3, -0.25) is 14.5 Å². The Morgan fingerprint density at radius 1 is 1.09 bits per heavy atom. The Kier molecular flexibility index (Phi) is 6.26. The summed E-state index contributed by atoms with van der Waals surface area (Å²) in [6.07, 6.45) is 5.66. The van der Waals surface area contributed by atoms with Gasteiger partial charge in [-0.25, -0.2) is 9.07 Å². The minimum Gasteiger partial charge on any atom is -0.497 e. The van der Waals surface area contributed by atoms with Gasteiger partial charge in [0, 0.05) is 35.6 Å². The summed E-state index contributed by atoms with van der Waals surface area (Å²) in [5.74, 6) is 1.31. The normalized spacial score (nSPS) is 14.4. The molecule has 1 saturated carbocycles. The highest BCUT2D eigenvalue weighted by Crippen LogP contribution is 2.36. The van der Waals surface area contributed by atoms with Crippen LogP contribution in [0.5, 0.6) is 5.75 Å². The van der Waals surface area contributed by atoms with E-state index in [2.05, 4.69) is 9.88 Å². The van der Waals surface area contributed by atoms with Crippen LogP contribution in [0.2, 0.25) is 0 Å². The maximum Gasteiger partial charge on any atom is 0.204 e. The third-order valence-electron chi connectivity index (χ3n) is 6.27. The van der Waals surface area contributed by atoms with E-state index in [4.69, 9.17) is 22.1 Å². The molecule has 0 spiro atoms. The summed E-state index contributed by atoms with van der Waals surface area (Å²) >= 11 is 5.93. The summed E-state index contributed by atoms with van der Waals surface area (Å²) in [4.78, 5) is 6.43. The minimum atomic E-state index is -0.189. The van der Waals surface area contributed by atoms with Crippen LogP contribution in [0.15, 0.2) is 73.1 Å². The van der Waals surface area contributed by atoms with Gasteiger partial charge in [-0.05, 0) is 74.4 Å². The lowest BCUT2D eigenvalue weighted by Crippen LogP contribution is -2.32. The first kappa shape index (κ1) is 22.4. The standard InChI is InChI=1S/C26H26FN5OS/c1-18(23-5-3-4-6-24(23)27)30(20-7-8-20)17-31-26(34)32(21-9-11-22(33-2)12-10-21)25(29-31)19-13-15-28-16-14-19/h3-6,9-16,18,20H,7-8,17H2,1-2H3. The molecule has 34 heavy (non-hydrogen) atoms. The van der Waals surface area contributed by atoms with E-state index in [0.29, 0.717) is 23.0 Å². The molecule has 1 aliphatic carbocycles. The summed E-state index contributed by atoms with van der Waals surface area (Å²) < 4.78 is 24.3. The number of nitrogens with zero attached hydrogens (tertiary/aromatic N) is 5. The number of hydrogen-bond acceptors (Lipinski definition) is 5. The lowest BCUT2D eigenvalue weighted by molar-refractivity contribution is 0.140. The van der Waals surface area contributed by atoms with Gasteiger partial charge >= 0.3 is 0 Å². The molecule has 2 aromatic heterocycles. The first-order chi connectivity index (χ1) is 16.6. The van der Waals surface area contributed by atoms with Crippen LogP contribution in [-0.4, -0.2) is 37.4 Å². The predicted molar refractivity (Wildman–Crippen MR) is 132 cm³/mol. The van der Waals surface area contributed by atoms with E-state index in [-0.39, 0.29) is 11.9 Å². The number of rotatable bonds is 8. The lowest BCUT2D eigenvalue weighted by Gasteiger charge is -2.29. The SMILES string of the molecule is COc1ccc(-n2c(-c3ccncc3)nn(CN(C3CC3)C(C)c3ccccc3F)c2=S)cc1. The third kappa shape index (κ3) is 4.38. The molecule has 2 heterocycles. The molecule has 174 valence electrons. The molecule has 6 nitrogen and oxygen atoms in total. The molecule has 5 rings (SSSR count). The molecule has 1 atom stereocenters. The van der Waals surface area contributed by atoms with Crippen molar-refractivity contribution in [2.45, 2.75) is 38.5 Å². The van der Waals surface area contributed by atoms with Crippen LogP contribution in [0.4, 0.5) is 4.39 Å². The first-order valence-corrected chi connectivity index (χ1v) is 11.7. The predicted octanol–water partition coefficient (Wildman–Crippen LogP) is 5.80. The second-order valence-electron chi connectivity index (χ2n) is 8.46. The van der Waals surface area contributed by atoms with E-state index < -0.39 is 0 Å². The number of hydrogen-bond donors (Lipinski definition) is 0. The van der Waals surface area contributed by atoms with Crippen LogP contribution in [0.3, 0.4) is 0 Å². The van der Waals surface area contributed by atoms with Crippen molar-refractivity contribution in [1.82, 2.24) is 24.2 Å². The van der Waals surface area contributed by atoms with Gasteiger partial charge in [0.15, 0.2) is 5.82 Å². The first-order valence-electron chi connectivity index (χ1n) is 11.3. The molecule has 8 heteroatoms. The van der Waals surface area contributed by atoms with E-state index in [1.165, 1.54) is 6.07 Å². The maximum absolute atomic E-state index is 14.6. The number of halogens is 1. The van der Waals surface area contributed by atoms with Crippen molar-refractivity contribution < 1.29 is 9.13 Å². The lowest BCUT2D eigenvalue weighted by atomic mass is 10.1. The fourth-order valence-corrected chi connectivity index (χ4v) is 4.55. The van der Waals surface area contributed by atoms with Gasteiger partial charge in [-0.15, -0.1) is 5.10 Å². The maximum atomic E-state index is 14.6. The van der Waals surface area contributed by atoms with Crippen LogP contribution >= 0.6 is 12.2 Å². The van der Waals surface area contributed by atoms with Crippen LogP contribution in [-0.2, 0) is 6.67 Å². The zero-order chi connectivity index (χ0) is 23.7. The van der Waals surface area contributed by atoms with Gasteiger partial charge in [0.25, 0.3) is 0 Å². The summed E-state index contributed by atoms with van der Waals surface area (Å²) in [5, 5.41) is 4.93. The molecular formula is C26H26FN5OS. The third-order valence-corrected chi connectivity index (χ3v) is 6.67. The van der Waals surface area contributed by atoms with Gasteiger partial charge in [0.05, 0.1) is 19.5 Å². The summed E-state index contributed by atoms with van der Waals surface area (Å²) in [6.45, 7) is 2.52. The zero-order valence-corrected chi connectivity index (χ0v) is 20.0. The van der Waals surface area contributed by atoms with Crippen LogP contribution in [0.25, 0.3) is 17.1 Å². The van der Waals surface area contributed by atoms with Crippen LogP contribution in [0.1, 0.15) is 31.4 Å². The second kappa shape index (κ2) is 9.48. The number of benzene rings is 2. The molecule has 0 bridgehead atoms. The van der Waals surface area contributed by atoms with Crippen molar-refractivity contribution in [1.29, 1.82) is 0 Å². The molecule has 0 amide bonds. The minimum absolute atomic E-state index is 0.105. The molecule has 0 N–H and O–H groups in total. The van der Waals surface area contributed by atoms with E-state index >= 15 is 0 Å². The molecule has 1 aliphatic rings. The van der Waals surface area contributed by atoms with Gasteiger partial charge < -0.3 is 4.74 Å². The van der Waals surface area contributed by atoms with Crippen molar-refractivity contribution in [3.63, 3.8) is 0 Å². The van der Waals surface area contributed by atoms with Crippen molar-refractivity contribution in [2.24, 2.45) is 0 Å². The number of ether oxygens (including phenoxy) is 1. The highest BCUT2D eigenvalue weighted by molar-refractivity contribution is 7.71. The van der Waals surface area contributed by atoms with Crippen molar-refractivity contribution >= 4 is 12.2 Å². The van der Waals surface area contributed by atoms with Gasteiger partial charge in [-0.1, -0.05) is 18.2 Å². The molecule has 0 saturated heterocycles. The quantitative estimate of drug-likeness (QED) is 0.302. The molecule has 1 fully saturated rings. The van der Waals surface area contributed by atoms with Crippen LogP contribution in [0, 0.1) is 10.6 Å². The van der Waals surface area contributed by atoms with Crippen molar-refractivity contribution in [3.05, 3.63) is 89.2 Å². The Morgan fingerprint density at radius 2 is 1.79 bits per heavy atom. The van der Waals surface area contributed by atoms with Crippen molar-refractivity contribution in [2.75, 3.05) is 7.11 Å². The van der Waals surface area contributed by atoms with Gasteiger partial charge in [-0.2, -0.15) is 0 Å². The number of methoxy groups -OCH3 is 1. The Morgan fingerprint density at radius 3 is 2.44 bits per heavy atom. The summed E-state index contributed by atoms with van der Waals surface area (Å²) in [6, 6.07) is 18.8. The smallest absolute Gasteiger partial charge is 0.204 e. The average Bonchev–Trinajstić information content (AvgIpc) is 3.66. The van der Waals surface area contributed by atoms with Gasteiger partial charge in [0.2, 0.25) is 4.77 Å². The Bertz CT molecular complexity index is 1330. The fraction of sp³-hybridized carbons (Fsp3) is 0.269. The molecular weight excluding hydrogens is 449 g/mol. The van der Waals surface area contributed by atoms with Crippen molar-refractivity contribution in [3.8, 4) is 22.8 Å². The van der Waals surface area contributed by atoms with E-state index in [0.717, 1.165) is 35.7 Å². The molecule has 0 aliphatic heterocycles. The fourth-order valence-electron chi connectivity index (χ4n) is 4.26. The van der Waals surface area contributed by atoms with Gasteiger partial charge in [0.1, 0.15) is 11.6 Å². The largest absolute Gasteiger partial charge is 0.497 e. The number of aromatic nitrogens is 4. The highest BCUT2D eigenvalue weighted by atomic mass is 32.1. The summed E-state index contributed by atoms with van der Waals surface area (Å²) in [7, 11) is 1.64. The Balaban J connectivity index is 1.57. The number of pyridine rings is 1. The Labute approximate surface area is 203 Å². The highest BCUT2D eigenvalue weighted by Gasteiger charge is 2.34. The Hall–Kier alpha value is -3.36. The molecule has 2 aromatic carbocycles. The average molecular weight is 476 g/mol.